The van der Waals surface area contributed by atoms with Gasteiger partial charge in [0.25, 0.3) is 0 Å². The van der Waals surface area contributed by atoms with E-state index >= 15 is 0 Å². The van der Waals surface area contributed by atoms with Crippen LogP contribution in [0.25, 0.3) is 0 Å². The summed E-state index contributed by atoms with van der Waals surface area (Å²) in [4.78, 5) is 0.216. The molecule has 1 rings (SSSR count). The van der Waals surface area contributed by atoms with Crippen molar-refractivity contribution >= 4 is 10.0 Å². The van der Waals surface area contributed by atoms with Crippen LogP contribution in [0, 0.1) is 0 Å². The summed E-state index contributed by atoms with van der Waals surface area (Å²) in [5.74, 6) is 0.587. The van der Waals surface area contributed by atoms with Crippen molar-refractivity contribution in [2.75, 3.05) is 27.4 Å². The molecule has 6 nitrogen and oxygen atoms in total. The number of methoxy groups -OCH3 is 2. The van der Waals surface area contributed by atoms with E-state index in [0.29, 0.717) is 24.5 Å². The summed E-state index contributed by atoms with van der Waals surface area (Å²) >= 11 is 0. The number of nitrogens with two attached hydrogens (primary N) is 1. The molecule has 0 radical (unpaired) electrons. The predicted molar refractivity (Wildman–Crippen MR) is 81.8 cm³/mol. The highest BCUT2D eigenvalue weighted by atomic mass is 32.2. The minimum absolute atomic E-state index is 0.215. The largest absolute Gasteiger partial charge is 0.496 e. The first-order chi connectivity index (χ1) is 9.92. The lowest BCUT2D eigenvalue weighted by Gasteiger charge is -2.27. The summed E-state index contributed by atoms with van der Waals surface area (Å²) in [7, 11) is -0.506. The summed E-state index contributed by atoms with van der Waals surface area (Å²) in [5, 5.41) is 0. The van der Waals surface area contributed by atoms with Crippen molar-refractivity contribution in [2.24, 2.45) is 5.73 Å². The van der Waals surface area contributed by atoms with E-state index in [9.17, 15) is 8.42 Å². The van der Waals surface area contributed by atoms with Gasteiger partial charge in [-0.2, -0.15) is 4.31 Å². The molecule has 1 aromatic carbocycles. The molecule has 0 spiro atoms. The summed E-state index contributed by atoms with van der Waals surface area (Å²) < 4.78 is 37.1. The summed E-state index contributed by atoms with van der Waals surface area (Å²) in [6, 6.07) is 4.49. The Bertz CT molecular complexity index is 560. The van der Waals surface area contributed by atoms with Crippen molar-refractivity contribution < 1.29 is 17.9 Å². The van der Waals surface area contributed by atoms with Crippen LogP contribution in [0.5, 0.6) is 5.75 Å². The van der Waals surface area contributed by atoms with E-state index < -0.39 is 10.0 Å². The third-order valence-corrected chi connectivity index (χ3v) is 5.37. The Morgan fingerprint density at radius 2 is 2.00 bits per heavy atom. The van der Waals surface area contributed by atoms with Crippen molar-refractivity contribution in [2.45, 2.75) is 31.3 Å². The molecular weight excluding hydrogens is 292 g/mol. The van der Waals surface area contributed by atoms with Gasteiger partial charge < -0.3 is 15.2 Å². The quantitative estimate of drug-likeness (QED) is 0.779. The number of rotatable bonds is 8. The molecule has 0 saturated carbocycles. The smallest absolute Gasteiger partial charge is 0.243 e. The summed E-state index contributed by atoms with van der Waals surface area (Å²) in [5.41, 5.74) is 6.31. The van der Waals surface area contributed by atoms with Gasteiger partial charge in [0, 0.05) is 31.8 Å². The first-order valence-corrected chi connectivity index (χ1v) is 8.24. The van der Waals surface area contributed by atoms with Gasteiger partial charge in [0.05, 0.1) is 18.6 Å². The molecular formula is C14H24N2O4S. The molecule has 0 bridgehead atoms. The molecule has 1 unspecified atom stereocenters. The first kappa shape index (κ1) is 17.9. The monoisotopic (exact) mass is 316 g/mol. The Morgan fingerprint density at radius 1 is 1.33 bits per heavy atom. The highest BCUT2D eigenvalue weighted by Gasteiger charge is 2.28. The van der Waals surface area contributed by atoms with E-state index in [1.54, 1.807) is 26.2 Å². The van der Waals surface area contributed by atoms with Gasteiger partial charge in [0.2, 0.25) is 10.0 Å². The second kappa shape index (κ2) is 7.74. The van der Waals surface area contributed by atoms with Crippen LogP contribution >= 0.6 is 0 Å². The van der Waals surface area contributed by atoms with Crippen LogP contribution in [0.1, 0.15) is 19.4 Å². The molecule has 0 aliphatic rings. The fourth-order valence-corrected chi connectivity index (χ4v) is 3.93. The minimum atomic E-state index is -3.59. The van der Waals surface area contributed by atoms with Gasteiger partial charge in [0.1, 0.15) is 5.75 Å². The Morgan fingerprint density at radius 3 is 2.48 bits per heavy atom. The third-order valence-electron chi connectivity index (χ3n) is 3.29. The standard InChI is InChI=1S/C14H24N2O4S/c1-5-16(11(2)10-19-3)21(17,18)13-6-7-14(20-4)12(8-13)9-15/h6-8,11H,5,9-10,15H2,1-4H3. The average molecular weight is 316 g/mol. The highest BCUT2D eigenvalue weighted by Crippen LogP contribution is 2.25. The zero-order chi connectivity index (χ0) is 16.0. The molecule has 2 N–H and O–H groups in total. The molecule has 7 heteroatoms. The molecule has 21 heavy (non-hydrogen) atoms. The van der Waals surface area contributed by atoms with Gasteiger partial charge in [-0.25, -0.2) is 8.42 Å². The maximum atomic E-state index is 12.7. The van der Waals surface area contributed by atoms with Gasteiger partial charge in [-0.15, -0.1) is 0 Å². The fourth-order valence-electron chi connectivity index (χ4n) is 2.25. The number of sulfonamides is 1. The van der Waals surface area contributed by atoms with Crippen LogP contribution in [-0.4, -0.2) is 46.1 Å². The molecule has 0 saturated heterocycles. The number of hydrogen-bond acceptors (Lipinski definition) is 5. The van der Waals surface area contributed by atoms with Gasteiger partial charge in [-0.3, -0.25) is 0 Å². The molecule has 0 aliphatic carbocycles. The van der Waals surface area contributed by atoms with E-state index in [1.165, 1.54) is 17.5 Å². The van der Waals surface area contributed by atoms with Crippen LogP contribution in [-0.2, 0) is 21.3 Å². The van der Waals surface area contributed by atoms with Gasteiger partial charge in [-0.05, 0) is 25.1 Å². The molecule has 0 aliphatic heterocycles. The zero-order valence-corrected chi connectivity index (χ0v) is 13.8. The molecule has 0 aromatic heterocycles. The molecule has 120 valence electrons. The maximum Gasteiger partial charge on any atom is 0.243 e. The molecule has 1 aromatic rings. The van der Waals surface area contributed by atoms with Crippen LogP contribution < -0.4 is 10.5 Å². The number of likely N-dealkylation sites (N-methyl/N-ethyl adjacent to an activating group) is 1. The zero-order valence-electron chi connectivity index (χ0n) is 13.0. The summed E-state index contributed by atoms with van der Waals surface area (Å²) in [6.45, 7) is 4.55. The number of benzene rings is 1. The van der Waals surface area contributed by atoms with E-state index in [0.717, 1.165) is 0 Å². The van der Waals surface area contributed by atoms with Crippen LogP contribution in [0.2, 0.25) is 0 Å². The Balaban J connectivity index is 3.22. The second-order valence-electron chi connectivity index (χ2n) is 4.69. The normalized spacial score (nSPS) is 13.4. The first-order valence-electron chi connectivity index (χ1n) is 6.80. The second-order valence-corrected chi connectivity index (χ2v) is 6.58. The van der Waals surface area contributed by atoms with Crippen molar-refractivity contribution in [3.63, 3.8) is 0 Å². The highest BCUT2D eigenvalue weighted by molar-refractivity contribution is 7.89. The van der Waals surface area contributed by atoms with Crippen LogP contribution in [0.4, 0.5) is 0 Å². The van der Waals surface area contributed by atoms with Crippen LogP contribution in [0.3, 0.4) is 0 Å². The van der Waals surface area contributed by atoms with Gasteiger partial charge in [0.15, 0.2) is 0 Å². The van der Waals surface area contributed by atoms with Crippen molar-refractivity contribution in [3.05, 3.63) is 23.8 Å². The number of nitrogens with zero attached hydrogens (tertiary/aromatic N) is 1. The third kappa shape index (κ3) is 3.94. The lowest BCUT2D eigenvalue weighted by atomic mass is 10.2. The average Bonchev–Trinajstić information content (AvgIpc) is 2.47. The Labute approximate surface area is 126 Å². The predicted octanol–water partition coefficient (Wildman–Crippen LogP) is 1.20. The lowest BCUT2D eigenvalue weighted by molar-refractivity contribution is 0.142. The van der Waals surface area contributed by atoms with Crippen LogP contribution in [0.15, 0.2) is 23.1 Å². The molecule has 1 atom stereocenters. The van der Waals surface area contributed by atoms with E-state index in [4.69, 9.17) is 15.2 Å². The minimum Gasteiger partial charge on any atom is -0.496 e. The SMILES string of the molecule is CCN(C(C)COC)S(=O)(=O)c1ccc(OC)c(CN)c1. The van der Waals surface area contributed by atoms with Gasteiger partial charge in [-0.1, -0.05) is 6.92 Å². The van der Waals surface area contributed by atoms with E-state index in [2.05, 4.69) is 0 Å². The molecule has 0 heterocycles. The Kier molecular flexibility index (Phi) is 6.60. The topological polar surface area (TPSA) is 81.9 Å². The fraction of sp³-hybridized carbons (Fsp3) is 0.571. The van der Waals surface area contributed by atoms with Gasteiger partial charge >= 0.3 is 0 Å². The lowest BCUT2D eigenvalue weighted by Crippen LogP contribution is -2.40. The van der Waals surface area contributed by atoms with Crippen molar-refractivity contribution in [1.82, 2.24) is 4.31 Å². The number of ether oxygens (including phenoxy) is 2. The van der Waals surface area contributed by atoms with Crippen molar-refractivity contribution in [3.8, 4) is 5.75 Å². The summed E-state index contributed by atoms with van der Waals surface area (Å²) in [6.07, 6.45) is 0. The van der Waals surface area contributed by atoms with E-state index in [1.807, 2.05) is 6.92 Å². The molecule has 0 amide bonds. The molecule has 0 fully saturated rings. The number of hydrogen-bond donors (Lipinski definition) is 1. The van der Waals surface area contributed by atoms with Crippen molar-refractivity contribution in [1.29, 1.82) is 0 Å². The maximum absolute atomic E-state index is 12.7. The van der Waals surface area contributed by atoms with E-state index in [-0.39, 0.29) is 17.5 Å². The Hall–Kier alpha value is -1.15.